The van der Waals surface area contributed by atoms with Gasteiger partial charge in [-0.05, 0) is 5.53 Å². The van der Waals surface area contributed by atoms with Crippen LogP contribution in [0, 0.1) is 0 Å². The molecule has 0 bridgehead atoms. The monoisotopic (exact) mass is 156 g/mol. The maximum atomic E-state index is 10.7. The van der Waals surface area contributed by atoms with Crippen LogP contribution in [0.25, 0.3) is 10.4 Å². The van der Waals surface area contributed by atoms with Crippen molar-refractivity contribution in [3.8, 4) is 0 Å². The smallest absolute Gasteiger partial charge is 0.409 e. The van der Waals surface area contributed by atoms with Crippen molar-refractivity contribution in [2.24, 2.45) is 5.11 Å². The van der Waals surface area contributed by atoms with Crippen molar-refractivity contribution in [3.05, 3.63) is 10.4 Å². The Balaban J connectivity index is 2.25. The van der Waals surface area contributed by atoms with Gasteiger partial charge in [0.2, 0.25) is 0 Å². The van der Waals surface area contributed by atoms with Gasteiger partial charge in [-0.1, -0.05) is 5.11 Å². The van der Waals surface area contributed by atoms with Crippen LogP contribution in [0.4, 0.5) is 4.79 Å². The lowest BCUT2D eigenvalue weighted by molar-refractivity contribution is 0.159. The zero-order chi connectivity index (χ0) is 8.10. The van der Waals surface area contributed by atoms with Crippen molar-refractivity contribution in [3.63, 3.8) is 0 Å². The fraction of sp³-hybridized carbons (Fsp3) is 0.800. The number of amides is 1. The average molecular weight is 156 g/mol. The third-order valence-corrected chi connectivity index (χ3v) is 1.38. The molecule has 0 spiro atoms. The highest BCUT2D eigenvalue weighted by molar-refractivity contribution is 5.69. The molecule has 0 aromatic heterocycles. The molecule has 1 amide bonds. The molecule has 1 aliphatic rings. The van der Waals surface area contributed by atoms with Gasteiger partial charge in [-0.25, -0.2) is 4.79 Å². The Bertz CT molecular complexity index is 199. The zero-order valence-corrected chi connectivity index (χ0v) is 5.93. The quantitative estimate of drug-likeness (QED) is 0.343. The molecular formula is C5H8N4O2. The molecule has 0 unspecified atom stereocenters. The van der Waals surface area contributed by atoms with Crippen LogP contribution in [0.15, 0.2) is 5.11 Å². The zero-order valence-electron chi connectivity index (χ0n) is 5.93. The fourth-order valence-electron chi connectivity index (χ4n) is 0.839. The van der Waals surface area contributed by atoms with Gasteiger partial charge >= 0.3 is 6.09 Å². The predicted molar refractivity (Wildman–Crippen MR) is 36.9 cm³/mol. The SMILES string of the molecule is [N-]=[N+]=NCCN1CCOC1=O. The van der Waals surface area contributed by atoms with Crippen LogP contribution in [0.5, 0.6) is 0 Å². The molecule has 6 heteroatoms. The van der Waals surface area contributed by atoms with Crippen molar-refractivity contribution in [1.29, 1.82) is 0 Å². The van der Waals surface area contributed by atoms with Crippen LogP contribution < -0.4 is 0 Å². The standard InChI is InChI=1S/C5H8N4O2/c6-8-7-1-2-9-3-4-11-5(9)10/h1-4H2. The lowest BCUT2D eigenvalue weighted by Gasteiger charge is -2.08. The number of rotatable bonds is 3. The predicted octanol–water partition coefficient (Wildman–Crippen LogP) is 0.749. The summed E-state index contributed by atoms with van der Waals surface area (Å²) in [6.07, 6.45) is -0.321. The molecule has 1 aliphatic heterocycles. The molecule has 0 aromatic rings. The summed E-state index contributed by atoms with van der Waals surface area (Å²) in [5, 5.41) is 3.30. The number of cyclic esters (lactones) is 1. The molecule has 0 saturated carbocycles. The van der Waals surface area contributed by atoms with Crippen LogP contribution in [0.1, 0.15) is 0 Å². The summed E-state index contributed by atoms with van der Waals surface area (Å²) >= 11 is 0. The van der Waals surface area contributed by atoms with E-state index >= 15 is 0 Å². The van der Waals surface area contributed by atoms with E-state index in [0.29, 0.717) is 26.2 Å². The van der Waals surface area contributed by atoms with E-state index in [4.69, 9.17) is 5.53 Å². The van der Waals surface area contributed by atoms with Crippen LogP contribution in [-0.2, 0) is 4.74 Å². The van der Waals surface area contributed by atoms with Crippen LogP contribution in [-0.4, -0.2) is 37.2 Å². The van der Waals surface area contributed by atoms with E-state index in [1.54, 1.807) is 0 Å². The summed E-state index contributed by atoms with van der Waals surface area (Å²) in [5.41, 5.74) is 7.93. The second kappa shape index (κ2) is 3.68. The Morgan fingerprint density at radius 1 is 1.82 bits per heavy atom. The number of azide groups is 1. The van der Waals surface area contributed by atoms with Crippen molar-refractivity contribution in [1.82, 2.24) is 4.90 Å². The van der Waals surface area contributed by atoms with Gasteiger partial charge in [0.15, 0.2) is 0 Å². The number of nitrogens with zero attached hydrogens (tertiary/aromatic N) is 4. The summed E-state index contributed by atoms with van der Waals surface area (Å²) in [5.74, 6) is 0. The van der Waals surface area contributed by atoms with Crippen LogP contribution in [0.3, 0.4) is 0 Å². The minimum absolute atomic E-state index is 0.311. The Labute approximate surface area is 63.4 Å². The first-order chi connectivity index (χ1) is 5.34. The molecule has 0 aliphatic carbocycles. The van der Waals surface area contributed by atoms with E-state index in [2.05, 4.69) is 14.8 Å². The maximum Gasteiger partial charge on any atom is 0.409 e. The van der Waals surface area contributed by atoms with Gasteiger partial charge in [-0.15, -0.1) is 0 Å². The largest absolute Gasteiger partial charge is 0.448 e. The third kappa shape index (κ3) is 2.01. The molecule has 1 saturated heterocycles. The number of carbonyl (C=O) groups is 1. The molecule has 0 radical (unpaired) electrons. The van der Waals surface area contributed by atoms with Gasteiger partial charge in [0.1, 0.15) is 6.61 Å². The van der Waals surface area contributed by atoms with E-state index in [1.165, 1.54) is 4.90 Å². The van der Waals surface area contributed by atoms with E-state index in [1.807, 2.05) is 0 Å². The van der Waals surface area contributed by atoms with Crippen LogP contribution >= 0.6 is 0 Å². The van der Waals surface area contributed by atoms with E-state index in [9.17, 15) is 4.79 Å². The number of hydrogen-bond acceptors (Lipinski definition) is 3. The molecule has 0 atom stereocenters. The van der Waals surface area contributed by atoms with Gasteiger partial charge in [0.25, 0.3) is 0 Å². The van der Waals surface area contributed by atoms with E-state index in [-0.39, 0.29) is 6.09 Å². The number of hydrogen-bond donors (Lipinski definition) is 0. The molecule has 1 heterocycles. The van der Waals surface area contributed by atoms with Crippen LogP contribution in [0.2, 0.25) is 0 Å². The number of ether oxygens (including phenoxy) is 1. The van der Waals surface area contributed by atoms with Gasteiger partial charge in [0, 0.05) is 18.0 Å². The molecule has 0 N–H and O–H groups in total. The molecule has 0 aromatic carbocycles. The van der Waals surface area contributed by atoms with Crippen molar-refractivity contribution < 1.29 is 9.53 Å². The van der Waals surface area contributed by atoms with Gasteiger partial charge in [-0.2, -0.15) is 0 Å². The normalized spacial score (nSPS) is 16.0. The summed E-state index contributed by atoms with van der Waals surface area (Å²) in [4.78, 5) is 14.8. The van der Waals surface area contributed by atoms with Gasteiger partial charge < -0.3 is 9.64 Å². The highest BCUT2D eigenvalue weighted by Gasteiger charge is 2.20. The lowest BCUT2D eigenvalue weighted by Crippen LogP contribution is -2.26. The minimum atomic E-state index is -0.321. The Kier molecular flexibility index (Phi) is 2.57. The Morgan fingerprint density at radius 2 is 2.64 bits per heavy atom. The molecular weight excluding hydrogens is 148 g/mol. The van der Waals surface area contributed by atoms with Gasteiger partial charge in [0.05, 0.1) is 6.54 Å². The topological polar surface area (TPSA) is 78.3 Å². The second-order valence-corrected chi connectivity index (χ2v) is 2.06. The van der Waals surface area contributed by atoms with E-state index in [0.717, 1.165) is 0 Å². The molecule has 11 heavy (non-hydrogen) atoms. The summed E-state index contributed by atoms with van der Waals surface area (Å²) in [6, 6.07) is 0. The van der Waals surface area contributed by atoms with Gasteiger partial charge in [-0.3, -0.25) is 0 Å². The summed E-state index contributed by atoms with van der Waals surface area (Å²) in [6.45, 7) is 1.80. The first-order valence-electron chi connectivity index (χ1n) is 3.27. The molecule has 1 rings (SSSR count). The lowest BCUT2D eigenvalue weighted by atomic mass is 10.5. The third-order valence-electron chi connectivity index (χ3n) is 1.38. The van der Waals surface area contributed by atoms with Crippen molar-refractivity contribution >= 4 is 6.09 Å². The summed E-state index contributed by atoms with van der Waals surface area (Å²) in [7, 11) is 0. The highest BCUT2D eigenvalue weighted by Crippen LogP contribution is 2.01. The minimum Gasteiger partial charge on any atom is -0.448 e. The Hall–Kier alpha value is -1.42. The molecule has 60 valence electrons. The fourth-order valence-corrected chi connectivity index (χ4v) is 0.839. The highest BCUT2D eigenvalue weighted by atomic mass is 16.6. The average Bonchev–Trinajstić information content (AvgIpc) is 2.37. The summed E-state index contributed by atoms with van der Waals surface area (Å²) < 4.78 is 4.65. The second-order valence-electron chi connectivity index (χ2n) is 2.06. The number of carbonyl (C=O) groups excluding carboxylic acids is 1. The first-order valence-corrected chi connectivity index (χ1v) is 3.27. The molecule has 6 nitrogen and oxygen atoms in total. The molecule has 1 fully saturated rings. The maximum absolute atomic E-state index is 10.7. The Morgan fingerprint density at radius 3 is 3.18 bits per heavy atom. The van der Waals surface area contributed by atoms with E-state index < -0.39 is 0 Å². The van der Waals surface area contributed by atoms with Crippen molar-refractivity contribution in [2.75, 3.05) is 26.2 Å². The first kappa shape index (κ1) is 7.68. The van der Waals surface area contributed by atoms with Crippen molar-refractivity contribution in [2.45, 2.75) is 0 Å².